The third-order valence-corrected chi connectivity index (χ3v) is 11.7. The van der Waals surface area contributed by atoms with Crippen molar-refractivity contribution < 1.29 is 33.4 Å². The van der Waals surface area contributed by atoms with Crippen molar-refractivity contribution in [2.45, 2.75) is 58.7 Å². The summed E-state index contributed by atoms with van der Waals surface area (Å²) in [5.74, 6) is -1.28. The lowest BCUT2D eigenvalue weighted by atomic mass is 9.49. The van der Waals surface area contributed by atoms with Gasteiger partial charge < -0.3 is 19.7 Å². The Morgan fingerprint density at radius 2 is 1.58 bits per heavy atom. The number of halogens is 1. The minimum Gasteiger partial charge on any atom is -0.492 e. The number of carbonyl (C=O) groups excluding carboxylic acids is 5. The molecule has 0 radical (unpaired) electrons. The highest BCUT2D eigenvalue weighted by Crippen LogP contribution is 2.55. The van der Waals surface area contributed by atoms with Crippen LogP contribution in [0.1, 0.15) is 77.2 Å². The summed E-state index contributed by atoms with van der Waals surface area (Å²) in [5, 5.41) is 15.0. The zero-order valence-electron chi connectivity index (χ0n) is 31.2. The number of nitrogens with zero attached hydrogens (tertiary/aromatic N) is 4. The molecule has 0 spiro atoms. The van der Waals surface area contributed by atoms with E-state index in [4.69, 9.17) is 21.1 Å². The molecule has 1 atom stereocenters. The van der Waals surface area contributed by atoms with Gasteiger partial charge in [-0.05, 0) is 61.0 Å². The highest BCUT2D eigenvalue weighted by molar-refractivity contribution is 6.31. The number of fused-ring (bicyclic) bond motifs is 1. The van der Waals surface area contributed by atoms with E-state index in [9.17, 15) is 29.2 Å². The van der Waals surface area contributed by atoms with E-state index in [1.807, 2.05) is 24.3 Å². The molecular weight excluding hydrogens is 724 g/mol. The second-order valence-corrected chi connectivity index (χ2v) is 16.1. The predicted octanol–water partition coefficient (Wildman–Crippen LogP) is 4.43. The molecule has 3 fully saturated rings. The topological polar surface area (TPSA) is 161 Å². The Kier molecular flexibility index (Phi) is 10.1. The van der Waals surface area contributed by atoms with Crippen LogP contribution in [0.3, 0.4) is 0 Å². The van der Waals surface area contributed by atoms with Crippen molar-refractivity contribution in [2.24, 2.45) is 10.8 Å². The van der Waals surface area contributed by atoms with Crippen molar-refractivity contribution in [1.82, 2.24) is 20.4 Å². The fraction of sp³-hybridized carbons (Fsp3) is 0.415. The number of ether oxygens (including phenoxy) is 2. The van der Waals surface area contributed by atoms with E-state index >= 15 is 0 Å². The third-order valence-electron chi connectivity index (χ3n) is 11.4. The van der Waals surface area contributed by atoms with Gasteiger partial charge in [0.15, 0.2) is 0 Å². The molecule has 5 amide bonds. The van der Waals surface area contributed by atoms with Gasteiger partial charge in [-0.15, -0.1) is 0 Å². The smallest absolute Gasteiger partial charge is 0.262 e. The molecule has 3 aliphatic heterocycles. The molecule has 2 saturated heterocycles. The van der Waals surface area contributed by atoms with Crippen LogP contribution in [0.25, 0.3) is 0 Å². The van der Waals surface area contributed by atoms with Gasteiger partial charge in [-0.25, -0.2) is 0 Å². The number of piperazine rings is 1. The number of amides is 5. The van der Waals surface area contributed by atoms with Crippen LogP contribution in [0.2, 0.25) is 5.02 Å². The minimum absolute atomic E-state index is 0.0641. The summed E-state index contributed by atoms with van der Waals surface area (Å²) in [5.41, 5.74) is 1.67. The van der Waals surface area contributed by atoms with E-state index in [-0.39, 0.29) is 52.9 Å². The van der Waals surface area contributed by atoms with Crippen LogP contribution in [0, 0.1) is 22.2 Å². The molecular formula is C41H43ClN6O7. The van der Waals surface area contributed by atoms with E-state index in [1.165, 1.54) is 0 Å². The SMILES string of the molecule is CC1(C)C(NC(=O)c2ccc(N3CCN(CCOc4ccc5c(c4)C(=O)N(C4CCC(=O)NC4=O)C5=O)CC3)cc2)C(C)(C)C1Oc1ccc(C#N)c(Cl)c1. The average Bonchev–Trinajstić information content (AvgIpc) is 3.41. The van der Waals surface area contributed by atoms with Gasteiger partial charge in [-0.2, -0.15) is 5.26 Å². The first kappa shape index (κ1) is 37.8. The van der Waals surface area contributed by atoms with Crippen molar-refractivity contribution >= 4 is 46.8 Å². The number of anilines is 1. The van der Waals surface area contributed by atoms with Crippen LogP contribution in [0.15, 0.2) is 60.7 Å². The normalized spacial score (nSPS) is 23.0. The molecule has 3 heterocycles. The summed E-state index contributed by atoms with van der Waals surface area (Å²) in [6.45, 7) is 12.6. The van der Waals surface area contributed by atoms with Gasteiger partial charge in [0.1, 0.15) is 36.3 Å². The molecule has 0 bridgehead atoms. The Bertz CT molecular complexity index is 2090. The summed E-state index contributed by atoms with van der Waals surface area (Å²) in [7, 11) is 0. The van der Waals surface area contributed by atoms with Crippen molar-refractivity contribution in [3.05, 3.63) is 87.9 Å². The van der Waals surface area contributed by atoms with Crippen molar-refractivity contribution in [1.29, 1.82) is 5.26 Å². The van der Waals surface area contributed by atoms with Crippen LogP contribution in [-0.4, -0.2) is 96.9 Å². The number of benzene rings is 3. The monoisotopic (exact) mass is 766 g/mol. The summed E-state index contributed by atoms with van der Waals surface area (Å²) >= 11 is 6.23. The molecule has 3 aromatic rings. The van der Waals surface area contributed by atoms with Crippen LogP contribution in [0.5, 0.6) is 11.5 Å². The molecule has 7 rings (SSSR count). The highest BCUT2D eigenvalue weighted by Gasteiger charge is 2.64. The number of piperidine rings is 1. The van der Waals surface area contributed by atoms with Gasteiger partial charge in [0, 0.05) is 73.3 Å². The molecule has 1 unspecified atom stereocenters. The van der Waals surface area contributed by atoms with Crippen LogP contribution in [-0.2, 0) is 9.59 Å². The van der Waals surface area contributed by atoms with E-state index in [0.29, 0.717) is 40.8 Å². The Morgan fingerprint density at radius 3 is 2.24 bits per heavy atom. The molecule has 55 heavy (non-hydrogen) atoms. The Labute approximate surface area is 324 Å². The quantitative estimate of drug-likeness (QED) is 0.283. The predicted molar refractivity (Wildman–Crippen MR) is 203 cm³/mol. The maximum absolute atomic E-state index is 13.4. The van der Waals surface area contributed by atoms with E-state index in [1.54, 1.807) is 36.4 Å². The zero-order chi connectivity index (χ0) is 39.2. The molecule has 13 nitrogen and oxygen atoms in total. The van der Waals surface area contributed by atoms with Gasteiger partial charge in [0.2, 0.25) is 11.8 Å². The van der Waals surface area contributed by atoms with Gasteiger partial charge in [0.25, 0.3) is 17.7 Å². The van der Waals surface area contributed by atoms with Gasteiger partial charge in [-0.3, -0.25) is 39.1 Å². The number of rotatable bonds is 10. The van der Waals surface area contributed by atoms with Crippen LogP contribution in [0.4, 0.5) is 5.69 Å². The van der Waals surface area contributed by atoms with Crippen LogP contribution >= 0.6 is 11.6 Å². The lowest BCUT2D eigenvalue weighted by molar-refractivity contribution is -0.164. The van der Waals surface area contributed by atoms with Crippen molar-refractivity contribution in [2.75, 3.05) is 44.2 Å². The van der Waals surface area contributed by atoms with Crippen molar-refractivity contribution in [3.63, 3.8) is 0 Å². The van der Waals surface area contributed by atoms with Gasteiger partial charge in [-0.1, -0.05) is 39.3 Å². The van der Waals surface area contributed by atoms with Crippen molar-refractivity contribution in [3.8, 4) is 17.6 Å². The number of hydrogen-bond donors (Lipinski definition) is 2. The average molecular weight is 767 g/mol. The summed E-state index contributed by atoms with van der Waals surface area (Å²) in [4.78, 5) is 68.9. The first-order chi connectivity index (χ1) is 26.2. The third kappa shape index (κ3) is 7.12. The Hall–Kier alpha value is -5.45. The first-order valence-corrected chi connectivity index (χ1v) is 18.8. The Balaban J connectivity index is 0.869. The maximum atomic E-state index is 13.4. The van der Waals surface area contributed by atoms with Gasteiger partial charge in [0.05, 0.1) is 21.7 Å². The molecule has 3 aromatic carbocycles. The highest BCUT2D eigenvalue weighted by atomic mass is 35.5. The molecule has 286 valence electrons. The summed E-state index contributed by atoms with van der Waals surface area (Å²) in [6, 6.07) is 18.3. The Morgan fingerprint density at radius 1 is 0.909 bits per heavy atom. The second kappa shape index (κ2) is 14.7. The first-order valence-electron chi connectivity index (χ1n) is 18.4. The molecule has 2 N–H and O–H groups in total. The summed E-state index contributed by atoms with van der Waals surface area (Å²) in [6.07, 6.45) is -0.0294. The summed E-state index contributed by atoms with van der Waals surface area (Å²) < 4.78 is 12.3. The lowest BCUT2D eigenvalue weighted by Crippen LogP contribution is -2.74. The number of hydrogen-bond acceptors (Lipinski definition) is 10. The second-order valence-electron chi connectivity index (χ2n) is 15.7. The molecule has 1 aliphatic carbocycles. The molecule has 0 aromatic heterocycles. The van der Waals surface area contributed by atoms with Gasteiger partial charge >= 0.3 is 0 Å². The number of imide groups is 2. The van der Waals surface area contributed by atoms with E-state index in [2.05, 4.69) is 54.2 Å². The fourth-order valence-electron chi connectivity index (χ4n) is 8.70. The molecule has 14 heteroatoms. The van der Waals surface area contributed by atoms with E-state index < -0.39 is 29.7 Å². The zero-order valence-corrected chi connectivity index (χ0v) is 31.9. The fourth-order valence-corrected chi connectivity index (χ4v) is 8.91. The number of carbonyl (C=O) groups is 5. The molecule has 1 saturated carbocycles. The number of nitrogens with one attached hydrogen (secondary N) is 2. The maximum Gasteiger partial charge on any atom is 0.262 e. The lowest BCUT2D eigenvalue weighted by Gasteiger charge is -2.63. The van der Waals surface area contributed by atoms with E-state index in [0.717, 1.165) is 36.8 Å². The molecule has 4 aliphatic rings. The largest absolute Gasteiger partial charge is 0.492 e. The number of nitriles is 1. The van der Waals surface area contributed by atoms with Crippen LogP contribution < -0.4 is 25.0 Å². The minimum atomic E-state index is -1.01. The standard InChI is InChI=1S/C41H43ClN6O7/c1-40(2)38(41(3,4)39(40)55-28-10-7-25(23-43)31(42)22-28)45-34(50)24-5-8-26(9-6-24)47-17-15-46(16-18-47)19-20-54-27-11-12-29-30(21-27)37(53)48(36(29)52)32-13-14-33(49)44-35(32)51/h5-12,21-22,32,38-39H,13-20H2,1-4H3,(H,45,50)(H,44,49,51).